The van der Waals surface area contributed by atoms with Crippen LogP contribution in [0.25, 0.3) is 0 Å². The molecule has 12 heavy (non-hydrogen) atoms. The van der Waals surface area contributed by atoms with Crippen LogP contribution in [0.2, 0.25) is 0 Å². The van der Waals surface area contributed by atoms with Crippen LogP contribution in [0.5, 0.6) is 0 Å². The summed E-state index contributed by atoms with van der Waals surface area (Å²) in [7, 11) is 0. The minimum Gasteiger partial charge on any atom is -0.462 e. The number of carbonyl (C=O) groups is 1. The molecule has 0 spiro atoms. The van der Waals surface area contributed by atoms with E-state index in [4.69, 9.17) is 10.1 Å². The molecular weight excluding hydrogens is 154 g/mol. The van der Waals surface area contributed by atoms with E-state index in [0.717, 1.165) is 12.8 Å². The van der Waals surface area contributed by atoms with E-state index in [1.165, 1.54) is 12.8 Å². The van der Waals surface area contributed by atoms with Gasteiger partial charge < -0.3 is 10.1 Å². The van der Waals surface area contributed by atoms with Gasteiger partial charge in [0.25, 0.3) is 0 Å². The summed E-state index contributed by atoms with van der Waals surface area (Å²) in [6, 6.07) is 0. The molecule has 1 rings (SSSR count). The zero-order valence-electron chi connectivity index (χ0n) is 7.43. The quantitative estimate of drug-likeness (QED) is 0.518. The number of ether oxygens (including phenoxy) is 1. The summed E-state index contributed by atoms with van der Waals surface area (Å²) in [5, 5.41) is 7.10. The molecule has 0 radical (unpaired) electrons. The topological polar surface area (TPSA) is 50.2 Å². The van der Waals surface area contributed by atoms with Crippen molar-refractivity contribution in [2.75, 3.05) is 0 Å². The molecule has 0 heterocycles. The van der Waals surface area contributed by atoms with E-state index in [1.54, 1.807) is 6.92 Å². The highest BCUT2D eigenvalue weighted by Gasteiger charge is 2.18. The Morgan fingerprint density at radius 2 is 2.08 bits per heavy atom. The number of hydrogen-bond acceptors (Lipinski definition) is 3. The smallest absolute Gasteiger partial charge is 0.311 e. The maximum atomic E-state index is 11.0. The lowest BCUT2D eigenvalue weighted by Gasteiger charge is -2.10. The summed E-state index contributed by atoms with van der Waals surface area (Å²) < 4.78 is 5.14. The second kappa shape index (κ2) is 4.24. The number of rotatable bonds is 3. The molecule has 0 aromatic heterocycles. The van der Waals surface area contributed by atoms with Gasteiger partial charge in [-0.2, -0.15) is 0 Å². The van der Waals surface area contributed by atoms with Gasteiger partial charge in [-0.1, -0.05) is 0 Å². The summed E-state index contributed by atoms with van der Waals surface area (Å²) in [4.78, 5) is 11.0. The number of carbonyl (C=O) groups excluding carboxylic acids is 1. The van der Waals surface area contributed by atoms with Crippen LogP contribution in [-0.2, 0) is 9.53 Å². The van der Waals surface area contributed by atoms with Crippen molar-refractivity contribution in [3.8, 4) is 0 Å². The van der Waals surface area contributed by atoms with Gasteiger partial charge in [-0.3, -0.25) is 4.79 Å². The third-order valence-electron chi connectivity index (χ3n) is 2.01. The van der Waals surface area contributed by atoms with Gasteiger partial charge in [-0.25, -0.2) is 0 Å². The molecular formula is C9H15NO2. The van der Waals surface area contributed by atoms with Gasteiger partial charge in [0.05, 0.1) is 6.42 Å². The molecule has 1 aliphatic rings. The minimum absolute atomic E-state index is 0.136. The molecule has 3 heteroatoms. The van der Waals surface area contributed by atoms with Gasteiger partial charge in [0.2, 0.25) is 0 Å². The zero-order chi connectivity index (χ0) is 8.97. The summed E-state index contributed by atoms with van der Waals surface area (Å²) in [5.74, 6) is -0.241. The third kappa shape index (κ3) is 3.03. The van der Waals surface area contributed by atoms with E-state index in [1.807, 2.05) is 0 Å². The molecule has 0 aromatic rings. The first-order valence-corrected chi connectivity index (χ1v) is 4.42. The molecule has 68 valence electrons. The average molecular weight is 169 g/mol. The number of esters is 1. The van der Waals surface area contributed by atoms with E-state index in [-0.39, 0.29) is 18.5 Å². The van der Waals surface area contributed by atoms with Crippen LogP contribution in [0.4, 0.5) is 0 Å². The van der Waals surface area contributed by atoms with Gasteiger partial charge >= 0.3 is 5.97 Å². The Labute approximate surface area is 72.6 Å². The molecule has 1 aliphatic carbocycles. The van der Waals surface area contributed by atoms with E-state index < -0.39 is 0 Å². The van der Waals surface area contributed by atoms with Crippen molar-refractivity contribution in [2.24, 2.45) is 0 Å². The fraction of sp³-hybridized carbons (Fsp3) is 0.778. The van der Waals surface area contributed by atoms with E-state index in [2.05, 4.69) is 0 Å². The molecule has 0 bridgehead atoms. The first-order chi connectivity index (χ1) is 5.68. The SMILES string of the molecule is CC(=N)CC(=O)OC1CCCC1. The van der Waals surface area contributed by atoms with Crippen LogP contribution < -0.4 is 0 Å². The van der Waals surface area contributed by atoms with Crippen molar-refractivity contribution >= 4 is 11.7 Å². The first-order valence-electron chi connectivity index (χ1n) is 4.42. The Morgan fingerprint density at radius 1 is 1.50 bits per heavy atom. The van der Waals surface area contributed by atoms with Gasteiger partial charge in [-0.05, 0) is 32.6 Å². The van der Waals surface area contributed by atoms with Crippen molar-refractivity contribution < 1.29 is 9.53 Å². The lowest BCUT2D eigenvalue weighted by atomic mass is 10.3. The normalized spacial score (nSPS) is 17.8. The number of nitrogens with one attached hydrogen (secondary N) is 1. The molecule has 1 saturated carbocycles. The van der Waals surface area contributed by atoms with E-state index in [9.17, 15) is 4.79 Å². The summed E-state index contributed by atoms with van der Waals surface area (Å²) in [6.07, 6.45) is 4.63. The van der Waals surface area contributed by atoms with Crippen molar-refractivity contribution in [2.45, 2.75) is 45.1 Å². The lowest BCUT2D eigenvalue weighted by molar-refractivity contribution is -0.147. The molecule has 3 nitrogen and oxygen atoms in total. The molecule has 0 unspecified atom stereocenters. The highest BCUT2D eigenvalue weighted by atomic mass is 16.5. The predicted molar refractivity (Wildman–Crippen MR) is 46.4 cm³/mol. The largest absolute Gasteiger partial charge is 0.462 e. The molecule has 0 atom stereocenters. The van der Waals surface area contributed by atoms with Crippen molar-refractivity contribution in [1.82, 2.24) is 0 Å². The molecule has 0 saturated heterocycles. The summed E-state index contributed by atoms with van der Waals surface area (Å²) in [5.41, 5.74) is 0.373. The van der Waals surface area contributed by atoms with Gasteiger partial charge in [0.1, 0.15) is 6.10 Å². The predicted octanol–water partition coefficient (Wildman–Crippen LogP) is 1.90. The number of hydrogen-bond donors (Lipinski definition) is 1. The fourth-order valence-corrected chi connectivity index (χ4v) is 1.45. The minimum atomic E-state index is -0.241. The highest BCUT2D eigenvalue weighted by molar-refractivity contribution is 5.95. The Hall–Kier alpha value is -0.860. The van der Waals surface area contributed by atoms with Gasteiger partial charge in [0.15, 0.2) is 0 Å². The molecule has 1 N–H and O–H groups in total. The molecule has 0 aliphatic heterocycles. The summed E-state index contributed by atoms with van der Waals surface area (Å²) >= 11 is 0. The van der Waals surface area contributed by atoms with Crippen LogP contribution in [0.1, 0.15) is 39.0 Å². The van der Waals surface area contributed by atoms with E-state index >= 15 is 0 Å². The Kier molecular flexibility index (Phi) is 3.26. The fourth-order valence-electron chi connectivity index (χ4n) is 1.45. The first kappa shape index (κ1) is 9.23. The van der Waals surface area contributed by atoms with Crippen LogP contribution in [-0.4, -0.2) is 17.8 Å². The van der Waals surface area contributed by atoms with Gasteiger partial charge in [-0.15, -0.1) is 0 Å². The summed E-state index contributed by atoms with van der Waals surface area (Å²) in [6.45, 7) is 1.62. The average Bonchev–Trinajstić information content (AvgIpc) is 2.37. The maximum absolute atomic E-state index is 11.0. The maximum Gasteiger partial charge on any atom is 0.311 e. The second-order valence-corrected chi connectivity index (χ2v) is 3.35. The van der Waals surface area contributed by atoms with Crippen molar-refractivity contribution in [3.63, 3.8) is 0 Å². The second-order valence-electron chi connectivity index (χ2n) is 3.35. The molecule has 1 fully saturated rings. The van der Waals surface area contributed by atoms with E-state index in [0.29, 0.717) is 5.71 Å². The van der Waals surface area contributed by atoms with Crippen LogP contribution >= 0.6 is 0 Å². The lowest BCUT2D eigenvalue weighted by Crippen LogP contribution is -2.16. The zero-order valence-corrected chi connectivity index (χ0v) is 7.43. The Bertz CT molecular complexity index is 183. The van der Waals surface area contributed by atoms with Crippen LogP contribution in [0.15, 0.2) is 0 Å². The Balaban J connectivity index is 2.20. The van der Waals surface area contributed by atoms with Crippen molar-refractivity contribution in [3.05, 3.63) is 0 Å². The third-order valence-corrected chi connectivity index (χ3v) is 2.01. The van der Waals surface area contributed by atoms with Crippen molar-refractivity contribution in [1.29, 1.82) is 5.41 Å². The van der Waals surface area contributed by atoms with Gasteiger partial charge in [0, 0.05) is 5.71 Å². The monoisotopic (exact) mass is 169 g/mol. The van der Waals surface area contributed by atoms with Crippen LogP contribution in [0, 0.1) is 5.41 Å². The Morgan fingerprint density at radius 3 is 2.58 bits per heavy atom. The van der Waals surface area contributed by atoms with Crippen LogP contribution in [0.3, 0.4) is 0 Å². The molecule has 0 aromatic carbocycles. The standard InChI is InChI=1S/C9H15NO2/c1-7(10)6-9(11)12-8-4-2-3-5-8/h8,10H,2-6H2,1H3. The molecule has 0 amide bonds. The highest BCUT2D eigenvalue weighted by Crippen LogP contribution is 2.21.